The first-order valence-corrected chi connectivity index (χ1v) is 6.05. The zero-order valence-corrected chi connectivity index (χ0v) is 9.53. The van der Waals surface area contributed by atoms with Crippen LogP contribution in [0.25, 0.3) is 0 Å². The van der Waals surface area contributed by atoms with Crippen molar-refractivity contribution in [1.29, 1.82) is 0 Å². The SMILES string of the molecule is CC.CCC1CC2(CCNCC2)C1. The van der Waals surface area contributed by atoms with Crippen molar-refractivity contribution in [3.05, 3.63) is 0 Å². The summed E-state index contributed by atoms with van der Waals surface area (Å²) in [5, 5.41) is 3.44. The van der Waals surface area contributed by atoms with Gasteiger partial charge in [-0.15, -0.1) is 0 Å². The summed E-state index contributed by atoms with van der Waals surface area (Å²) in [6, 6.07) is 0. The lowest BCUT2D eigenvalue weighted by molar-refractivity contribution is 0.0200. The summed E-state index contributed by atoms with van der Waals surface area (Å²) in [5.74, 6) is 1.08. The van der Waals surface area contributed by atoms with E-state index in [0.29, 0.717) is 0 Å². The fourth-order valence-corrected chi connectivity index (χ4v) is 2.82. The van der Waals surface area contributed by atoms with Gasteiger partial charge in [0.2, 0.25) is 0 Å². The molecular formula is C12H25N. The molecule has 1 N–H and O–H groups in total. The average Bonchev–Trinajstić information content (AvgIpc) is 2.18. The molecule has 1 saturated heterocycles. The van der Waals surface area contributed by atoms with Gasteiger partial charge in [0, 0.05) is 0 Å². The third-order valence-corrected chi connectivity index (χ3v) is 3.68. The van der Waals surface area contributed by atoms with Gasteiger partial charge in [0.1, 0.15) is 0 Å². The van der Waals surface area contributed by atoms with E-state index in [4.69, 9.17) is 0 Å². The number of piperidine rings is 1. The highest BCUT2D eigenvalue weighted by molar-refractivity contribution is 4.95. The molecule has 0 aromatic carbocycles. The zero-order chi connectivity index (χ0) is 9.73. The zero-order valence-electron chi connectivity index (χ0n) is 9.53. The topological polar surface area (TPSA) is 12.0 Å². The van der Waals surface area contributed by atoms with Crippen molar-refractivity contribution in [3.63, 3.8) is 0 Å². The minimum Gasteiger partial charge on any atom is -0.317 e. The van der Waals surface area contributed by atoms with Gasteiger partial charge in [-0.05, 0) is 50.1 Å². The van der Waals surface area contributed by atoms with E-state index < -0.39 is 0 Å². The van der Waals surface area contributed by atoms with Crippen LogP contribution in [-0.4, -0.2) is 13.1 Å². The van der Waals surface area contributed by atoms with E-state index >= 15 is 0 Å². The molecule has 1 heterocycles. The van der Waals surface area contributed by atoms with E-state index in [2.05, 4.69) is 12.2 Å². The lowest BCUT2D eigenvalue weighted by atomic mass is 9.57. The van der Waals surface area contributed by atoms with Gasteiger partial charge in [-0.25, -0.2) is 0 Å². The second kappa shape index (κ2) is 4.99. The third-order valence-electron chi connectivity index (χ3n) is 3.68. The van der Waals surface area contributed by atoms with E-state index in [1.54, 1.807) is 0 Å². The molecule has 2 aliphatic rings. The third kappa shape index (κ3) is 2.46. The molecule has 0 aromatic heterocycles. The van der Waals surface area contributed by atoms with E-state index in [-0.39, 0.29) is 0 Å². The van der Waals surface area contributed by atoms with Gasteiger partial charge in [-0.2, -0.15) is 0 Å². The summed E-state index contributed by atoms with van der Waals surface area (Å²) in [5.41, 5.74) is 0.811. The first kappa shape index (κ1) is 11.0. The second-order valence-electron chi connectivity index (χ2n) is 4.43. The molecule has 1 nitrogen and oxygen atoms in total. The van der Waals surface area contributed by atoms with Crippen molar-refractivity contribution in [2.45, 2.75) is 52.9 Å². The number of rotatable bonds is 1. The molecule has 2 fully saturated rings. The summed E-state index contributed by atoms with van der Waals surface area (Å²) in [7, 11) is 0. The fraction of sp³-hybridized carbons (Fsp3) is 1.00. The molecule has 13 heavy (non-hydrogen) atoms. The number of hydrogen-bond donors (Lipinski definition) is 1. The Balaban J connectivity index is 0.000000396. The molecule has 0 amide bonds. The monoisotopic (exact) mass is 183 g/mol. The maximum absolute atomic E-state index is 3.44. The van der Waals surface area contributed by atoms with Crippen LogP contribution in [0.15, 0.2) is 0 Å². The predicted molar refractivity (Wildman–Crippen MR) is 58.9 cm³/mol. The van der Waals surface area contributed by atoms with Gasteiger partial charge in [-0.3, -0.25) is 0 Å². The smallest absolute Gasteiger partial charge is 0.00436 e. The highest BCUT2D eigenvalue weighted by Gasteiger charge is 2.43. The van der Waals surface area contributed by atoms with Gasteiger partial charge >= 0.3 is 0 Å². The quantitative estimate of drug-likeness (QED) is 0.658. The Morgan fingerprint density at radius 2 is 1.69 bits per heavy atom. The van der Waals surface area contributed by atoms with Gasteiger partial charge in [0.15, 0.2) is 0 Å². The molecule has 1 saturated carbocycles. The lowest BCUT2D eigenvalue weighted by Gasteiger charge is -2.50. The lowest BCUT2D eigenvalue weighted by Crippen LogP contribution is -2.45. The van der Waals surface area contributed by atoms with Gasteiger partial charge in [0.25, 0.3) is 0 Å². The van der Waals surface area contributed by atoms with Crippen LogP contribution in [0.1, 0.15) is 52.9 Å². The maximum Gasteiger partial charge on any atom is -0.00436 e. The van der Waals surface area contributed by atoms with Crippen molar-refractivity contribution in [2.24, 2.45) is 11.3 Å². The summed E-state index contributed by atoms with van der Waals surface area (Å²) in [6.45, 7) is 8.88. The minimum absolute atomic E-state index is 0.811. The summed E-state index contributed by atoms with van der Waals surface area (Å²) >= 11 is 0. The standard InChI is InChI=1S/C10H19N.C2H6/c1-2-9-7-10(8-9)3-5-11-6-4-10;1-2/h9,11H,2-8H2,1H3;1-2H3. The molecule has 0 unspecified atom stereocenters. The Morgan fingerprint density at radius 1 is 1.15 bits per heavy atom. The van der Waals surface area contributed by atoms with Crippen LogP contribution in [0.2, 0.25) is 0 Å². The molecule has 1 aliphatic carbocycles. The normalized spacial score (nSPS) is 26.1. The molecule has 78 valence electrons. The Morgan fingerprint density at radius 3 is 2.15 bits per heavy atom. The fourth-order valence-electron chi connectivity index (χ4n) is 2.82. The van der Waals surface area contributed by atoms with Crippen LogP contribution in [0.4, 0.5) is 0 Å². The van der Waals surface area contributed by atoms with Crippen LogP contribution >= 0.6 is 0 Å². The minimum atomic E-state index is 0.811. The molecule has 1 heteroatoms. The highest BCUT2D eigenvalue weighted by atomic mass is 14.9. The van der Waals surface area contributed by atoms with Crippen molar-refractivity contribution in [3.8, 4) is 0 Å². The van der Waals surface area contributed by atoms with E-state index in [1.165, 1.54) is 45.2 Å². The van der Waals surface area contributed by atoms with Crippen LogP contribution in [-0.2, 0) is 0 Å². The summed E-state index contributed by atoms with van der Waals surface area (Å²) < 4.78 is 0. The Hall–Kier alpha value is -0.0400. The molecule has 1 spiro atoms. The van der Waals surface area contributed by atoms with E-state index in [9.17, 15) is 0 Å². The van der Waals surface area contributed by atoms with Crippen LogP contribution in [0.3, 0.4) is 0 Å². The Bertz CT molecular complexity index is 128. The van der Waals surface area contributed by atoms with Crippen molar-refractivity contribution >= 4 is 0 Å². The first-order valence-electron chi connectivity index (χ1n) is 6.05. The van der Waals surface area contributed by atoms with Crippen molar-refractivity contribution in [2.75, 3.05) is 13.1 Å². The summed E-state index contributed by atoms with van der Waals surface area (Å²) in [4.78, 5) is 0. The summed E-state index contributed by atoms with van der Waals surface area (Å²) in [6.07, 6.45) is 7.37. The van der Waals surface area contributed by atoms with Crippen molar-refractivity contribution < 1.29 is 0 Å². The van der Waals surface area contributed by atoms with E-state index in [1.807, 2.05) is 13.8 Å². The van der Waals surface area contributed by atoms with Gasteiger partial charge < -0.3 is 5.32 Å². The molecule has 0 aromatic rings. The molecule has 0 bridgehead atoms. The predicted octanol–water partition coefficient (Wildman–Crippen LogP) is 3.20. The highest BCUT2D eigenvalue weighted by Crippen LogP contribution is 2.52. The van der Waals surface area contributed by atoms with Crippen molar-refractivity contribution in [1.82, 2.24) is 5.32 Å². The molecule has 2 rings (SSSR count). The number of hydrogen-bond acceptors (Lipinski definition) is 1. The molecule has 0 atom stereocenters. The second-order valence-corrected chi connectivity index (χ2v) is 4.43. The Kier molecular flexibility index (Phi) is 4.24. The van der Waals surface area contributed by atoms with Crippen LogP contribution in [0.5, 0.6) is 0 Å². The molecule has 0 radical (unpaired) electrons. The van der Waals surface area contributed by atoms with Crippen LogP contribution in [0, 0.1) is 11.3 Å². The average molecular weight is 183 g/mol. The maximum atomic E-state index is 3.44. The van der Waals surface area contributed by atoms with E-state index in [0.717, 1.165) is 11.3 Å². The Labute approximate surface area is 83.3 Å². The van der Waals surface area contributed by atoms with Crippen LogP contribution < -0.4 is 5.32 Å². The van der Waals surface area contributed by atoms with Gasteiger partial charge in [-0.1, -0.05) is 27.2 Å². The van der Waals surface area contributed by atoms with Gasteiger partial charge in [0.05, 0.1) is 0 Å². The number of nitrogens with one attached hydrogen (secondary N) is 1. The first-order chi connectivity index (χ1) is 6.35. The molecule has 1 aliphatic heterocycles. The molecular weight excluding hydrogens is 158 g/mol. The largest absolute Gasteiger partial charge is 0.317 e.